The number of hydrogen-bond acceptors (Lipinski definition) is 3. The lowest BCUT2D eigenvalue weighted by Gasteiger charge is -2.07. The van der Waals surface area contributed by atoms with Crippen LogP contribution in [-0.4, -0.2) is 25.2 Å². The molecule has 0 bridgehead atoms. The highest BCUT2D eigenvalue weighted by atomic mass is 32.2. The van der Waals surface area contributed by atoms with Crippen LogP contribution in [0.5, 0.6) is 0 Å². The summed E-state index contributed by atoms with van der Waals surface area (Å²) in [4.78, 5) is 10.2. The maximum absolute atomic E-state index is 12.8. The van der Waals surface area contributed by atoms with Gasteiger partial charge in [0.2, 0.25) is 10.0 Å². The minimum Gasteiger partial charge on any atom is -0.481 e. The zero-order valence-corrected chi connectivity index (χ0v) is 9.60. The van der Waals surface area contributed by atoms with Gasteiger partial charge in [-0.2, -0.15) is 0 Å². The second-order valence-corrected chi connectivity index (χ2v) is 5.16. The number of aliphatic carboxylic acids is 1. The molecule has 1 rings (SSSR count). The molecule has 0 radical (unpaired) electrons. The molecular weight excluding hydrogens is 275 g/mol. The van der Waals surface area contributed by atoms with Crippen LogP contribution in [0.4, 0.5) is 18.9 Å². The lowest BCUT2D eigenvalue weighted by Crippen LogP contribution is -2.19. The van der Waals surface area contributed by atoms with Crippen LogP contribution in [-0.2, 0) is 14.8 Å². The zero-order chi connectivity index (χ0) is 13.9. The molecule has 0 amide bonds. The Bertz CT molecular complexity index is 550. The molecule has 5 nitrogen and oxygen atoms in total. The van der Waals surface area contributed by atoms with Crippen LogP contribution < -0.4 is 4.72 Å². The Kier molecular flexibility index (Phi) is 4.17. The smallest absolute Gasteiger partial charge is 0.304 e. The largest absolute Gasteiger partial charge is 0.481 e. The topological polar surface area (TPSA) is 83.5 Å². The van der Waals surface area contributed by atoms with Gasteiger partial charge >= 0.3 is 5.97 Å². The lowest BCUT2D eigenvalue weighted by molar-refractivity contribution is -0.136. The lowest BCUT2D eigenvalue weighted by atomic mass is 10.3. The van der Waals surface area contributed by atoms with Gasteiger partial charge in [-0.1, -0.05) is 0 Å². The summed E-state index contributed by atoms with van der Waals surface area (Å²) in [6, 6.07) is 0.910. The quantitative estimate of drug-likeness (QED) is 0.798. The Morgan fingerprint density at radius 1 is 1.22 bits per heavy atom. The first-order valence-electron chi connectivity index (χ1n) is 4.58. The van der Waals surface area contributed by atoms with Crippen molar-refractivity contribution in [3.8, 4) is 0 Å². The molecule has 0 aliphatic rings. The van der Waals surface area contributed by atoms with Crippen molar-refractivity contribution >= 4 is 21.7 Å². The van der Waals surface area contributed by atoms with Crippen LogP contribution in [0.2, 0.25) is 0 Å². The predicted octanol–water partition coefficient (Wildman–Crippen LogP) is 1.32. The molecule has 9 heteroatoms. The van der Waals surface area contributed by atoms with Crippen molar-refractivity contribution in [3.63, 3.8) is 0 Å². The van der Waals surface area contributed by atoms with Crippen LogP contribution in [0.1, 0.15) is 6.42 Å². The maximum Gasteiger partial charge on any atom is 0.304 e. The van der Waals surface area contributed by atoms with Gasteiger partial charge < -0.3 is 5.11 Å². The minimum absolute atomic E-state index is 0.455. The number of nitrogens with one attached hydrogen (secondary N) is 1. The minimum atomic E-state index is -4.06. The van der Waals surface area contributed by atoms with Gasteiger partial charge in [-0.25, -0.2) is 21.6 Å². The average molecular weight is 283 g/mol. The van der Waals surface area contributed by atoms with E-state index in [0.717, 1.165) is 0 Å². The Hall–Kier alpha value is -1.77. The highest BCUT2D eigenvalue weighted by Crippen LogP contribution is 2.18. The van der Waals surface area contributed by atoms with E-state index in [4.69, 9.17) is 5.11 Å². The highest BCUT2D eigenvalue weighted by molar-refractivity contribution is 7.92. The Morgan fingerprint density at radius 2 is 1.72 bits per heavy atom. The standard InChI is InChI=1S/C9H8F3NO4S/c10-6-3-5(4-7(11)9(6)12)13-18(16,17)2-1-8(14)15/h3-4,13H,1-2H2,(H,14,15). The van der Waals surface area contributed by atoms with Gasteiger partial charge in [-0.3, -0.25) is 9.52 Å². The van der Waals surface area contributed by atoms with Crippen molar-refractivity contribution in [2.24, 2.45) is 0 Å². The van der Waals surface area contributed by atoms with Crippen molar-refractivity contribution < 1.29 is 31.5 Å². The van der Waals surface area contributed by atoms with Crippen LogP contribution >= 0.6 is 0 Å². The summed E-state index contributed by atoms with van der Waals surface area (Å²) < 4.78 is 62.5. The molecule has 0 heterocycles. The van der Waals surface area contributed by atoms with Crippen molar-refractivity contribution in [1.82, 2.24) is 0 Å². The normalized spacial score (nSPS) is 11.3. The van der Waals surface area contributed by atoms with E-state index in [0.29, 0.717) is 12.1 Å². The number of anilines is 1. The molecule has 0 saturated heterocycles. The van der Waals surface area contributed by atoms with E-state index in [9.17, 15) is 26.4 Å². The summed E-state index contributed by atoms with van der Waals surface area (Å²) in [6.07, 6.45) is -0.665. The molecule has 0 aromatic heterocycles. The molecule has 2 N–H and O–H groups in total. The first-order valence-corrected chi connectivity index (χ1v) is 6.23. The Morgan fingerprint density at radius 3 is 2.17 bits per heavy atom. The van der Waals surface area contributed by atoms with Gasteiger partial charge in [0.05, 0.1) is 17.9 Å². The maximum atomic E-state index is 12.8. The van der Waals surface area contributed by atoms with E-state index in [-0.39, 0.29) is 0 Å². The van der Waals surface area contributed by atoms with Crippen LogP contribution in [0, 0.1) is 17.5 Å². The molecule has 0 aliphatic carbocycles. The van der Waals surface area contributed by atoms with Gasteiger partial charge in [0.15, 0.2) is 17.5 Å². The number of carbonyl (C=O) groups is 1. The predicted molar refractivity (Wildman–Crippen MR) is 56.0 cm³/mol. The monoisotopic (exact) mass is 283 g/mol. The van der Waals surface area contributed by atoms with Gasteiger partial charge in [0.25, 0.3) is 0 Å². The first-order chi connectivity index (χ1) is 8.21. The van der Waals surface area contributed by atoms with Crippen molar-refractivity contribution in [2.75, 3.05) is 10.5 Å². The third kappa shape index (κ3) is 3.91. The summed E-state index contributed by atoms with van der Waals surface area (Å²) >= 11 is 0. The highest BCUT2D eigenvalue weighted by Gasteiger charge is 2.16. The number of sulfonamides is 1. The van der Waals surface area contributed by atoms with Gasteiger partial charge in [0.1, 0.15) is 0 Å². The Balaban J connectivity index is 2.88. The fraction of sp³-hybridized carbons (Fsp3) is 0.222. The number of halogens is 3. The van der Waals surface area contributed by atoms with Crippen molar-refractivity contribution in [3.05, 3.63) is 29.6 Å². The second-order valence-electron chi connectivity index (χ2n) is 3.32. The van der Waals surface area contributed by atoms with Gasteiger partial charge in [-0.15, -0.1) is 0 Å². The van der Waals surface area contributed by atoms with E-state index in [1.54, 1.807) is 4.72 Å². The zero-order valence-electron chi connectivity index (χ0n) is 8.78. The second kappa shape index (κ2) is 5.25. The molecule has 1 aromatic rings. The van der Waals surface area contributed by atoms with Crippen molar-refractivity contribution in [2.45, 2.75) is 6.42 Å². The van der Waals surface area contributed by atoms with E-state index in [2.05, 4.69) is 0 Å². The van der Waals surface area contributed by atoms with E-state index >= 15 is 0 Å². The SMILES string of the molecule is O=C(O)CCS(=O)(=O)Nc1cc(F)c(F)c(F)c1. The third-order valence-corrected chi connectivity index (χ3v) is 3.13. The molecule has 0 spiro atoms. The van der Waals surface area contributed by atoms with E-state index in [1.165, 1.54) is 0 Å². The van der Waals surface area contributed by atoms with E-state index < -0.39 is 51.3 Å². The molecule has 0 unspecified atom stereocenters. The average Bonchev–Trinajstić information content (AvgIpc) is 2.22. The number of benzene rings is 1. The molecule has 0 aliphatic heterocycles. The first kappa shape index (κ1) is 14.3. The van der Waals surface area contributed by atoms with Crippen LogP contribution in [0.3, 0.4) is 0 Å². The summed E-state index contributed by atoms with van der Waals surface area (Å²) in [5.41, 5.74) is -0.517. The summed E-state index contributed by atoms with van der Waals surface area (Å²) in [7, 11) is -4.06. The number of hydrogen-bond donors (Lipinski definition) is 2. The molecule has 0 fully saturated rings. The van der Waals surface area contributed by atoms with Gasteiger partial charge in [0, 0.05) is 12.1 Å². The fourth-order valence-corrected chi connectivity index (χ4v) is 2.09. The molecule has 0 atom stereocenters. The number of rotatable bonds is 5. The molecule has 18 heavy (non-hydrogen) atoms. The van der Waals surface area contributed by atoms with Crippen molar-refractivity contribution in [1.29, 1.82) is 0 Å². The molecular formula is C9H8F3NO4S. The van der Waals surface area contributed by atoms with Crippen LogP contribution in [0.15, 0.2) is 12.1 Å². The number of carboxylic acid groups (broad SMARTS) is 1. The third-order valence-electron chi connectivity index (χ3n) is 1.84. The van der Waals surface area contributed by atoms with E-state index in [1.807, 2.05) is 0 Å². The molecule has 0 saturated carbocycles. The van der Waals surface area contributed by atoms with Gasteiger partial charge in [-0.05, 0) is 0 Å². The summed E-state index contributed by atoms with van der Waals surface area (Å²) in [6.45, 7) is 0. The molecule has 1 aromatic carbocycles. The summed E-state index contributed by atoms with van der Waals surface area (Å²) in [5, 5.41) is 8.31. The fourth-order valence-electron chi connectivity index (χ4n) is 1.07. The summed E-state index contributed by atoms with van der Waals surface area (Å²) in [5.74, 6) is -6.92. The number of carboxylic acids is 1. The van der Waals surface area contributed by atoms with Crippen LogP contribution in [0.25, 0.3) is 0 Å². The Labute approximate surface area is 100 Å². The molecule has 100 valence electrons.